The summed E-state index contributed by atoms with van der Waals surface area (Å²) in [6, 6.07) is 4.58. The van der Waals surface area contributed by atoms with Crippen molar-refractivity contribution in [3.05, 3.63) is 47.3 Å². The van der Waals surface area contributed by atoms with E-state index in [0.717, 1.165) is 43.5 Å². The van der Waals surface area contributed by atoms with Crippen molar-refractivity contribution in [1.29, 1.82) is 0 Å². The topological polar surface area (TPSA) is 58.4 Å². The van der Waals surface area contributed by atoms with E-state index >= 15 is 0 Å². The van der Waals surface area contributed by atoms with Gasteiger partial charge < -0.3 is 10.0 Å². The number of hydrogen-bond donors (Lipinski definition) is 1. The van der Waals surface area contributed by atoms with E-state index in [-0.39, 0.29) is 17.6 Å². The van der Waals surface area contributed by atoms with E-state index in [9.17, 15) is 23.1 Å². The Morgan fingerprint density at radius 2 is 1.85 bits per heavy atom. The molecule has 1 aromatic carbocycles. The van der Waals surface area contributed by atoms with Crippen LogP contribution in [0.25, 0.3) is 0 Å². The summed E-state index contributed by atoms with van der Waals surface area (Å²) >= 11 is 0. The van der Waals surface area contributed by atoms with E-state index in [1.165, 1.54) is 0 Å². The van der Waals surface area contributed by atoms with E-state index < -0.39 is 23.4 Å². The molecule has 2 atom stereocenters. The first-order chi connectivity index (χ1) is 12.8. The summed E-state index contributed by atoms with van der Waals surface area (Å²) in [5.41, 5.74) is 0.102. The number of piperidine rings is 1. The highest BCUT2D eigenvalue weighted by molar-refractivity contribution is 5.97. The molecule has 2 unspecified atom stereocenters. The molecule has 2 aromatic rings. The van der Waals surface area contributed by atoms with Gasteiger partial charge in [0, 0.05) is 36.9 Å². The van der Waals surface area contributed by atoms with Crippen molar-refractivity contribution in [3.8, 4) is 5.75 Å². The summed E-state index contributed by atoms with van der Waals surface area (Å²) in [6.45, 7) is 0. The van der Waals surface area contributed by atoms with E-state index in [0.29, 0.717) is 12.0 Å². The number of halogens is 3. The summed E-state index contributed by atoms with van der Waals surface area (Å²) in [7, 11) is 1.90. The van der Waals surface area contributed by atoms with Crippen LogP contribution >= 0.6 is 0 Å². The zero-order valence-electron chi connectivity index (χ0n) is 14.8. The van der Waals surface area contributed by atoms with Crippen LogP contribution in [0, 0.1) is 0 Å². The molecule has 2 fully saturated rings. The third-order valence-corrected chi connectivity index (χ3v) is 5.80. The van der Waals surface area contributed by atoms with Crippen LogP contribution in [0.1, 0.15) is 53.2 Å². The number of carbonyl (C=O) groups is 1. The lowest BCUT2D eigenvalue weighted by Crippen LogP contribution is -2.46. The number of phenolic OH excluding ortho intramolecular Hbond substituents is 1. The van der Waals surface area contributed by atoms with Crippen LogP contribution < -0.4 is 0 Å². The minimum absolute atomic E-state index is 0.0258. The molecule has 4 rings (SSSR count). The highest BCUT2D eigenvalue weighted by Crippen LogP contribution is 2.44. The van der Waals surface area contributed by atoms with Gasteiger partial charge in [-0.1, -0.05) is 0 Å². The van der Waals surface area contributed by atoms with Crippen LogP contribution in [0.2, 0.25) is 0 Å². The minimum atomic E-state index is -4.56. The van der Waals surface area contributed by atoms with Gasteiger partial charge in [0.15, 0.2) is 0 Å². The van der Waals surface area contributed by atoms with Crippen molar-refractivity contribution in [2.45, 2.75) is 49.9 Å². The quantitative estimate of drug-likeness (QED) is 0.866. The Morgan fingerprint density at radius 1 is 1.19 bits per heavy atom. The average molecular weight is 379 g/mol. The number of benzene rings is 1. The first-order valence-corrected chi connectivity index (χ1v) is 8.96. The number of aryl methyl sites for hydroxylation is 1. The van der Waals surface area contributed by atoms with Crippen molar-refractivity contribution in [1.82, 2.24) is 14.7 Å². The number of amides is 1. The maximum Gasteiger partial charge on any atom is 0.416 e. The van der Waals surface area contributed by atoms with E-state index in [4.69, 9.17) is 0 Å². The first-order valence-electron chi connectivity index (χ1n) is 8.96. The molecule has 2 bridgehead atoms. The second-order valence-electron chi connectivity index (χ2n) is 7.38. The molecule has 0 saturated carbocycles. The Hall–Kier alpha value is -2.51. The number of rotatable bonds is 2. The largest absolute Gasteiger partial charge is 0.507 e. The number of carbonyl (C=O) groups excluding carboxylic acids is 1. The van der Waals surface area contributed by atoms with Crippen molar-refractivity contribution >= 4 is 5.91 Å². The van der Waals surface area contributed by atoms with Crippen molar-refractivity contribution in [2.24, 2.45) is 7.05 Å². The molecule has 2 aliphatic heterocycles. The molecule has 5 nitrogen and oxygen atoms in total. The highest BCUT2D eigenvalue weighted by Gasteiger charge is 2.45. The summed E-state index contributed by atoms with van der Waals surface area (Å²) in [4.78, 5) is 14.7. The summed E-state index contributed by atoms with van der Waals surface area (Å²) in [5, 5.41) is 14.2. The van der Waals surface area contributed by atoms with Gasteiger partial charge in [-0.15, -0.1) is 0 Å². The molecule has 3 heterocycles. The van der Waals surface area contributed by atoms with E-state index in [1.54, 1.807) is 11.1 Å². The molecule has 1 aromatic heterocycles. The number of aromatic hydroxyl groups is 1. The zero-order chi connectivity index (χ0) is 19.3. The van der Waals surface area contributed by atoms with Crippen LogP contribution in [0.4, 0.5) is 13.2 Å². The normalized spacial score (nSPS) is 25.0. The minimum Gasteiger partial charge on any atom is -0.507 e. The standard InChI is InChI=1S/C19H20F3N3O2/c1-24-16(6-7-23-24)11-8-13-3-4-14(9-11)25(13)18(27)15-5-2-12(10-17(15)26)19(20,21)22/h2,5-7,10-11,13-14,26H,3-4,8-9H2,1H3. The van der Waals surface area contributed by atoms with Crippen LogP contribution in [-0.2, 0) is 13.2 Å². The molecule has 2 aliphatic rings. The zero-order valence-corrected chi connectivity index (χ0v) is 14.8. The molecular weight excluding hydrogens is 359 g/mol. The van der Waals surface area contributed by atoms with Gasteiger partial charge in [0.05, 0.1) is 11.1 Å². The second kappa shape index (κ2) is 6.28. The molecule has 1 N–H and O–H groups in total. The predicted octanol–water partition coefficient (Wildman–Crippen LogP) is 3.70. The summed E-state index contributed by atoms with van der Waals surface area (Å²) < 4.78 is 40.2. The lowest BCUT2D eigenvalue weighted by molar-refractivity contribution is -0.137. The Balaban J connectivity index is 1.57. The number of hydrogen-bond acceptors (Lipinski definition) is 3. The highest BCUT2D eigenvalue weighted by atomic mass is 19.4. The molecule has 0 spiro atoms. The Labute approximate surface area is 154 Å². The molecular formula is C19H20F3N3O2. The predicted molar refractivity (Wildman–Crippen MR) is 91.3 cm³/mol. The molecule has 0 aliphatic carbocycles. The van der Waals surface area contributed by atoms with Crippen LogP contribution in [0.5, 0.6) is 5.75 Å². The van der Waals surface area contributed by atoms with Crippen molar-refractivity contribution in [3.63, 3.8) is 0 Å². The monoisotopic (exact) mass is 379 g/mol. The van der Waals surface area contributed by atoms with Crippen molar-refractivity contribution < 1.29 is 23.1 Å². The fraction of sp³-hybridized carbons (Fsp3) is 0.474. The van der Waals surface area contributed by atoms with Gasteiger partial charge in [0.2, 0.25) is 0 Å². The third-order valence-electron chi connectivity index (χ3n) is 5.80. The van der Waals surface area contributed by atoms with Gasteiger partial charge in [-0.3, -0.25) is 9.48 Å². The second-order valence-corrected chi connectivity index (χ2v) is 7.38. The van der Waals surface area contributed by atoms with E-state index in [1.807, 2.05) is 17.8 Å². The molecule has 1 amide bonds. The number of phenols is 1. The lowest BCUT2D eigenvalue weighted by Gasteiger charge is -2.39. The maximum atomic E-state index is 13.0. The molecule has 8 heteroatoms. The van der Waals surface area contributed by atoms with Crippen LogP contribution in [-0.4, -0.2) is 37.8 Å². The van der Waals surface area contributed by atoms with Gasteiger partial charge >= 0.3 is 6.18 Å². The molecule has 2 saturated heterocycles. The Bertz CT molecular complexity index is 863. The van der Waals surface area contributed by atoms with Gasteiger partial charge in [-0.05, 0) is 49.9 Å². The molecule has 0 radical (unpaired) electrons. The smallest absolute Gasteiger partial charge is 0.416 e. The summed E-state index contributed by atoms with van der Waals surface area (Å²) in [6.07, 6.45) is 0.527. The third kappa shape index (κ3) is 3.07. The first kappa shape index (κ1) is 17.9. The lowest BCUT2D eigenvalue weighted by atomic mass is 9.87. The average Bonchev–Trinajstić information content (AvgIpc) is 3.14. The Morgan fingerprint density at radius 3 is 2.37 bits per heavy atom. The van der Waals surface area contributed by atoms with Crippen molar-refractivity contribution in [2.75, 3.05) is 0 Å². The van der Waals surface area contributed by atoms with Gasteiger partial charge in [0.1, 0.15) is 5.75 Å². The number of aromatic nitrogens is 2. The fourth-order valence-electron chi connectivity index (χ4n) is 4.56. The van der Waals surface area contributed by atoms with Gasteiger partial charge in [-0.2, -0.15) is 18.3 Å². The van der Waals surface area contributed by atoms with Crippen LogP contribution in [0.3, 0.4) is 0 Å². The van der Waals surface area contributed by atoms with Gasteiger partial charge in [0.25, 0.3) is 5.91 Å². The SMILES string of the molecule is Cn1nccc1C1CC2CCC(C1)N2C(=O)c1ccc(C(F)(F)F)cc1O. The fourth-order valence-corrected chi connectivity index (χ4v) is 4.56. The Kier molecular flexibility index (Phi) is 4.16. The number of alkyl halides is 3. The number of fused-ring (bicyclic) bond motifs is 2. The summed E-state index contributed by atoms with van der Waals surface area (Å²) in [5.74, 6) is -0.708. The van der Waals surface area contributed by atoms with Gasteiger partial charge in [-0.25, -0.2) is 0 Å². The molecule has 144 valence electrons. The van der Waals surface area contributed by atoms with E-state index in [2.05, 4.69) is 5.10 Å². The number of nitrogens with zero attached hydrogens (tertiary/aromatic N) is 3. The van der Waals surface area contributed by atoms with Crippen LogP contribution in [0.15, 0.2) is 30.5 Å². The molecule has 27 heavy (non-hydrogen) atoms. The maximum absolute atomic E-state index is 13.0.